The van der Waals surface area contributed by atoms with Crippen molar-refractivity contribution in [3.05, 3.63) is 28.8 Å². The van der Waals surface area contributed by atoms with Crippen LogP contribution < -0.4 is 5.73 Å². The Morgan fingerprint density at radius 2 is 2.13 bits per heavy atom. The number of halogens is 1. The second kappa shape index (κ2) is 5.52. The molecule has 1 rings (SSSR count). The molecule has 0 saturated heterocycles. The molecule has 84 valence electrons. The van der Waals surface area contributed by atoms with Gasteiger partial charge in [-0.2, -0.15) is 0 Å². The molecule has 0 heterocycles. The number of nitrogens with two attached hydrogens (primary N) is 1. The zero-order valence-electron chi connectivity index (χ0n) is 9.00. The van der Waals surface area contributed by atoms with Gasteiger partial charge in [-0.15, -0.1) is 0 Å². The summed E-state index contributed by atoms with van der Waals surface area (Å²) in [6.45, 7) is 4.10. The topological polar surface area (TPSA) is 43.1 Å². The molecule has 0 fully saturated rings. The third-order valence-corrected chi connectivity index (χ3v) is 3.98. The van der Waals surface area contributed by atoms with E-state index in [0.717, 1.165) is 5.56 Å². The minimum Gasteiger partial charge on any atom is -0.398 e. The molecule has 0 aliphatic carbocycles. The Morgan fingerprint density at radius 1 is 1.47 bits per heavy atom. The second-order valence-corrected chi connectivity index (χ2v) is 5.86. The molecule has 0 radical (unpaired) electrons. The van der Waals surface area contributed by atoms with Crippen molar-refractivity contribution in [2.45, 2.75) is 19.6 Å². The van der Waals surface area contributed by atoms with Gasteiger partial charge < -0.3 is 5.73 Å². The summed E-state index contributed by atoms with van der Waals surface area (Å²) in [5.41, 5.74) is 7.21. The van der Waals surface area contributed by atoms with Gasteiger partial charge in [-0.05, 0) is 18.1 Å². The SMILES string of the molecule is CC(C)CS(=O)Cc1c(N)cccc1Cl. The Labute approximate surface area is 98.3 Å². The van der Waals surface area contributed by atoms with Crippen molar-refractivity contribution in [2.24, 2.45) is 5.92 Å². The third-order valence-electron chi connectivity index (χ3n) is 1.98. The van der Waals surface area contributed by atoms with Crippen LogP contribution in [0.25, 0.3) is 0 Å². The molecule has 1 atom stereocenters. The van der Waals surface area contributed by atoms with Crippen LogP contribution in [0, 0.1) is 5.92 Å². The van der Waals surface area contributed by atoms with Crippen LogP contribution in [0.5, 0.6) is 0 Å². The normalized spacial score (nSPS) is 13.1. The summed E-state index contributed by atoms with van der Waals surface area (Å²) in [6, 6.07) is 5.36. The van der Waals surface area contributed by atoms with Gasteiger partial charge in [-0.3, -0.25) is 4.21 Å². The Morgan fingerprint density at radius 3 is 2.67 bits per heavy atom. The first-order valence-corrected chi connectivity index (χ1v) is 6.75. The van der Waals surface area contributed by atoms with E-state index in [0.29, 0.717) is 28.1 Å². The van der Waals surface area contributed by atoms with Gasteiger partial charge in [-0.1, -0.05) is 31.5 Å². The number of hydrogen-bond donors (Lipinski definition) is 1. The van der Waals surface area contributed by atoms with Crippen molar-refractivity contribution in [3.8, 4) is 0 Å². The summed E-state index contributed by atoms with van der Waals surface area (Å²) in [6.07, 6.45) is 0. The summed E-state index contributed by atoms with van der Waals surface area (Å²) in [4.78, 5) is 0. The summed E-state index contributed by atoms with van der Waals surface area (Å²) in [7, 11) is -0.886. The predicted octanol–water partition coefficient (Wildman–Crippen LogP) is 2.83. The standard InChI is InChI=1S/C11H16ClNOS/c1-8(2)6-15(14)7-9-10(12)4-3-5-11(9)13/h3-5,8H,6-7,13H2,1-2H3. The van der Waals surface area contributed by atoms with Gasteiger partial charge in [0.25, 0.3) is 0 Å². The minimum absolute atomic E-state index is 0.426. The van der Waals surface area contributed by atoms with E-state index < -0.39 is 10.8 Å². The lowest BCUT2D eigenvalue weighted by Crippen LogP contribution is -2.08. The Balaban J connectivity index is 2.76. The fraction of sp³-hybridized carbons (Fsp3) is 0.455. The van der Waals surface area contributed by atoms with Crippen molar-refractivity contribution < 1.29 is 4.21 Å². The highest BCUT2D eigenvalue weighted by Gasteiger charge is 2.10. The van der Waals surface area contributed by atoms with Crippen LogP contribution in [0.15, 0.2) is 18.2 Å². The third kappa shape index (κ3) is 3.84. The number of rotatable bonds is 4. The van der Waals surface area contributed by atoms with E-state index in [4.69, 9.17) is 17.3 Å². The van der Waals surface area contributed by atoms with E-state index >= 15 is 0 Å². The van der Waals surface area contributed by atoms with Gasteiger partial charge in [0.15, 0.2) is 0 Å². The first-order chi connectivity index (χ1) is 7.00. The summed E-state index contributed by atoms with van der Waals surface area (Å²) in [5, 5.41) is 0.604. The Bertz CT molecular complexity index is 345. The number of nitrogen functional groups attached to an aromatic ring is 1. The molecule has 0 amide bonds. The average Bonchev–Trinajstić information content (AvgIpc) is 2.10. The number of hydrogen-bond acceptors (Lipinski definition) is 2. The zero-order chi connectivity index (χ0) is 11.4. The van der Waals surface area contributed by atoms with Crippen LogP contribution in [0.3, 0.4) is 0 Å². The van der Waals surface area contributed by atoms with E-state index in [9.17, 15) is 4.21 Å². The van der Waals surface area contributed by atoms with Crippen molar-refractivity contribution in [1.29, 1.82) is 0 Å². The van der Waals surface area contributed by atoms with Crippen LogP contribution in [0.4, 0.5) is 5.69 Å². The molecule has 0 aromatic heterocycles. The highest BCUT2D eigenvalue weighted by molar-refractivity contribution is 7.84. The molecule has 2 N–H and O–H groups in total. The van der Waals surface area contributed by atoms with E-state index in [1.165, 1.54) is 0 Å². The molecule has 15 heavy (non-hydrogen) atoms. The molecule has 0 aliphatic heterocycles. The van der Waals surface area contributed by atoms with Gasteiger partial charge in [0.2, 0.25) is 0 Å². The Kier molecular flexibility index (Phi) is 4.61. The van der Waals surface area contributed by atoms with E-state index in [1.807, 2.05) is 13.8 Å². The molecule has 0 bridgehead atoms. The van der Waals surface area contributed by atoms with Crippen molar-refractivity contribution in [1.82, 2.24) is 0 Å². The van der Waals surface area contributed by atoms with Gasteiger partial charge in [0.05, 0.1) is 5.75 Å². The summed E-state index contributed by atoms with van der Waals surface area (Å²) in [5.74, 6) is 1.56. The molecule has 0 aliphatic rings. The van der Waals surface area contributed by atoms with Crippen LogP contribution in [0.1, 0.15) is 19.4 Å². The lowest BCUT2D eigenvalue weighted by Gasteiger charge is -2.09. The molecule has 1 aromatic rings. The molecule has 0 spiro atoms. The van der Waals surface area contributed by atoms with Crippen LogP contribution in [-0.2, 0) is 16.6 Å². The minimum atomic E-state index is -0.886. The monoisotopic (exact) mass is 245 g/mol. The van der Waals surface area contributed by atoms with Crippen molar-refractivity contribution >= 4 is 28.1 Å². The second-order valence-electron chi connectivity index (χ2n) is 3.95. The van der Waals surface area contributed by atoms with E-state index in [-0.39, 0.29) is 0 Å². The van der Waals surface area contributed by atoms with Gasteiger partial charge in [0, 0.05) is 32.8 Å². The fourth-order valence-electron chi connectivity index (χ4n) is 1.32. The molecule has 4 heteroatoms. The quantitative estimate of drug-likeness (QED) is 0.829. The number of benzene rings is 1. The van der Waals surface area contributed by atoms with E-state index in [2.05, 4.69) is 0 Å². The van der Waals surface area contributed by atoms with Crippen LogP contribution in [-0.4, -0.2) is 9.96 Å². The van der Waals surface area contributed by atoms with Gasteiger partial charge >= 0.3 is 0 Å². The number of anilines is 1. The summed E-state index contributed by atoms with van der Waals surface area (Å²) >= 11 is 6.00. The molecule has 0 saturated carbocycles. The fourth-order valence-corrected chi connectivity index (χ4v) is 3.15. The lowest BCUT2D eigenvalue weighted by molar-refractivity contribution is 0.664. The first-order valence-electron chi connectivity index (χ1n) is 4.88. The molecule has 1 unspecified atom stereocenters. The highest BCUT2D eigenvalue weighted by Crippen LogP contribution is 2.23. The van der Waals surface area contributed by atoms with Crippen LogP contribution >= 0.6 is 11.6 Å². The first kappa shape index (κ1) is 12.5. The maximum atomic E-state index is 11.7. The van der Waals surface area contributed by atoms with Crippen molar-refractivity contribution in [2.75, 3.05) is 11.5 Å². The maximum absolute atomic E-state index is 11.7. The van der Waals surface area contributed by atoms with Gasteiger partial charge in [-0.25, -0.2) is 0 Å². The largest absolute Gasteiger partial charge is 0.398 e. The van der Waals surface area contributed by atoms with Crippen molar-refractivity contribution in [3.63, 3.8) is 0 Å². The van der Waals surface area contributed by atoms with E-state index in [1.54, 1.807) is 18.2 Å². The molecule has 1 aromatic carbocycles. The van der Waals surface area contributed by atoms with Crippen LogP contribution in [0.2, 0.25) is 5.02 Å². The zero-order valence-corrected chi connectivity index (χ0v) is 10.6. The molecular weight excluding hydrogens is 230 g/mol. The molecule has 2 nitrogen and oxygen atoms in total. The highest BCUT2D eigenvalue weighted by atomic mass is 35.5. The average molecular weight is 246 g/mol. The molecular formula is C11H16ClNOS. The van der Waals surface area contributed by atoms with Gasteiger partial charge in [0.1, 0.15) is 0 Å². The Hall–Kier alpha value is -0.540. The predicted molar refractivity (Wildman–Crippen MR) is 67.4 cm³/mol. The smallest absolute Gasteiger partial charge is 0.0520 e. The maximum Gasteiger partial charge on any atom is 0.0520 e. The lowest BCUT2D eigenvalue weighted by atomic mass is 10.2. The summed E-state index contributed by atoms with van der Waals surface area (Å²) < 4.78 is 11.7.